The number of nitrogens with one attached hydrogen (secondary N) is 1. The SMILES string of the molecule is CCCN(c1ncccc1OCC)C1CCCNC1. The summed E-state index contributed by atoms with van der Waals surface area (Å²) in [7, 11) is 0. The lowest BCUT2D eigenvalue weighted by atomic mass is 10.1. The number of hydrogen-bond donors (Lipinski definition) is 1. The second kappa shape index (κ2) is 7.34. The zero-order valence-corrected chi connectivity index (χ0v) is 12.1. The van der Waals surface area contributed by atoms with Crippen LogP contribution in [0.3, 0.4) is 0 Å². The molecule has 2 rings (SSSR count). The second-order valence-corrected chi connectivity index (χ2v) is 4.95. The fourth-order valence-corrected chi connectivity index (χ4v) is 2.67. The first-order chi connectivity index (χ1) is 9.36. The summed E-state index contributed by atoms with van der Waals surface area (Å²) in [6.07, 6.45) is 5.45. The summed E-state index contributed by atoms with van der Waals surface area (Å²) < 4.78 is 5.73. The van der Waals surface area contributed by atoms with Crippen LogP contribution in [0.4, 0.5) is 5.82 Å². The number of hydrogen-bond acceptors (Lipinski definition) is 4. The number of anilines is 1. The Bertz CT molecular complexity index is 377. The van der Waals surface area contributed by atoms with Crippen molar-refractivity contribution >= 4 is 5.82 Å². The first-order valence-corrected chi connectivity index (χ1v) is 7.42. The molecule has 1 aliphatic rings. The molecule has 1 fully saturated rings. The molecular formula is C15H25N3O. The molecule has 0 bridgehead atoms. The lowest BCUT2D eigenvalue weighted by molar-refractivity contribution is 0.336. The van der Waals surface area contributed by atoms with E-state index in [1.54, 1.807) is 0 Å². The van der Waals surface area contributed by atoms with Gasteiger partial charge in [0.15, 0.2) is 11.6 Å². The minimum atomic E-state index is 0.530. The average molecular weight is 263 g/mol. The number of piperidine rings is 1. The molecule has 4 nitrogen and oxygen atoms in total. The minimum Gasteiger partial charge on any atom is -0.490 e. The Morgan fingerprint density at radius 2 is 2.37 bits per heavy atom. The van der Waals surface area contributed by atoms with Gasteiger partial charge >= 0.3 is 0 Å². The molecule has 1 aromatic heterocycles. The van der Waals surface area contributed by atoms with Gasteiger partial charge in [-0.15, -0.1) is 0 Å². The molecule has 1 atom stereocenters. The van der Waals surface area contributed by atoms with Crippen LogP contribution in [0.5, 0.6) is 5.75 Å². The summed E-state index contributed by atoms with van der Waals surface area (Å²) in [6.45, 7) is 8.12. The second-order valence-electron chi connectivity index (χ2n) is 4.95. The van der Waals surface area contributed by atoms with Gasteiger partial charge < -0.3 is 15.0 Å². The normalized spacial score (nSPS) is 19.2. The van der Waals surface area contributed by atoms with Crippen molar-refractivity contribution in [1.82, 2.24) is 10.3 Å². The predicted molar refractivity (Wildman–Crippen MR) is 78.9 cm³/mol. The first-order valence-electron chi connectivity index (χ1n) is 7.42. The van der Waals surface area contributed by atoms with Crippen LogP contribution in [0, 0.1) is 0 Å². The van der Waals surface area contributed by atoms with Crippen LogP contribution in [0.2, 0.25) is 0 Å². The van der Waals surface area contributed by atoms with Gasteiger partial charge in [0.05, 0.1) is 6.61 Å². The molecular weight excluding hydrogens is 238 g/mol. The molecule has 1 saturated heterocycles. The van der Waals surface area contributed by atoms with E-state index in [9.17, 15) is 0 Å². The Balaban J connectivity index is 2.21. The third-order valence-corrected chi connectivity index (χ3v) is 3.50. The number of pyridine rings is 1. The molecule has 1 aliphatic heterocycles. The molecule has 0 amide bonds. The molecule has 4 heteroatoms. The molecule has 0 aliphatic carbocycles. The summed E-state index contributed by atoms with van der Waals surface area (Å²) in [6, 6.07) is 4.49. The van der Waals surface area contributed by atoms with Crippen molar-refractivity contribution in [1.29, 1.82) is 0 Å². The van der Waals surface area contributed by atoms with Crippen LogP contribution in [-0.2, 0) is 0 Å². The van der Waals surface area contributed by atoms with Gasteiger partial charge in [-0.3, -0.25) is 0 Å². The predicted octanol–water partition coefficient (Wildman–Crippen LogP) is 2.45. The molecule has 1 N–H and O–H groups in total. The standard InChI is InChI=1S/C15H25N3O/c1-3-11-18(13-7-5-9-16-12-13)15-14(19-4-2)8-6-10-17-15/h6,8,10,13,16H,3-5,7,9,11-12H2,1-2H3. The van der Waals surface area contributed by atoms with E-state index in [4.69, 9.17) is 4.74 Å². The maximum absolute atomic E-state index is 5.73. The van der Waals surface area contributed by atoms with Crippen molar-refractivity contribution < 1.29 is 4.74 Å². The Morgan fingerprint density at radius 3 is 3.05 bits per heavy atom. The molecule has 19 heavy (non-hydrogen) atoms. The van der Waals surface area contributed by atoms with Crippen LogP contribution in [0.15, 0.2) is 18.3 Å². The van der Waals surface area contributed by atoms with Gasteiger partial charge in [-0.05, 0) is 44.9 Å². The van der Waals surface area contributed by atoms with Crippen molar-refractivity contribution in [3.8, 4) is 5.75 Å². The van der Waals surface area contributed by atoms with E-state index < -0.39 is 0 Å². The highest BCUT2D eigenvalue weighted by atomic mass is 16.5. The van der Waals surface area contributed by atoms with Crippen molar-refractivity contribution in [2.24, 2.45) is 0 Å². The number of rotatable bonds is 6. The number of ether oxygens (including phenoxy) is 1. The van der Waals surface area contributed by atoms with Gasteiger partial charge in [0.2, 0.25) is 0 Å². The van der Waals surface area contributed by atoms with E-state index in [1.807, 2.05) is 25.3 Å². The quantitative estimate of drug-likeness (QED) is 0.855. The topological polar surface area (TPSA) is 37.4 Å². The summed E-state index contributed by atoms with van der Waals surface area (Å²) in [5.74, 6) is 1.91. The summed E-state index contributed by atoms with van der Waals surface area (Å²) >= 11 is 0. The van der Waals surface area contributed by atoms with Gasteiger partial charge in [0.25, 0.3) is 0 Å². The number of nitrogens with zero attached hydrogens (tertiary/aromatic N) is 2. The van der Waals surface area contributed by atoms with E-state index in [-0.39, 0.29) is 0 Å². The van der Waals surface area contributed by atoms with Crippen LogP contribution in [-0.4, -0.2) is 37.3 Å². The first kappa shape index (κ1) is 14.1. The fourth-order valence-electron chi connectivity index (χ4n) is 2.67. The van der Waals surface area contributed by atoms with Crippen molar-refractivity contribution in [3.05, 3.63) is 18.3 Å². The summed E-state index contributed by atoms with van der Waals surface area (Å²) in [4.78, 5) is 6.98. The van der Waals surface area contributed by atoms with E-state index in [2.05, 4.69) is 22.1 Å². The van der Waals surface area contributed by atoms with Gasteiger partial charge in [-0.1, -0.05) is 6.92 Å². The Labute approximate surface area is 116 Å². The highest BCUT2D eigenvalue weighted by Crippen LogP contribution is 2.28. The molecule has 0 saturated carbocycles. The van der Waals surface area contributed by atoms with E-state index >= 15 is 0 Å². The Kier molecular flexibility index (Phi) is 5.45. The highest BCUT2D eigenvalue weighted by molar-refractivity contribution is 5.53. The monoisotopic (exact) mass is 263 g/mol. The summed E-state index contributed by atoms with van der Waals surface area (Å²) in [5.41, 5.74) is 0. The van der Waals surface area contributed by atoms with E-state index in [0.717, 1.165) is 37.6 Å². The van der Waals surface area contributed by atoms with E-state index in [1.165, 1.54) is 12.8 Å². The third kappa shape index (κ3) is 3.60. The maximum Gasteiger partial charge on any atom is 0.171 e. The molecule has 0 aromatic carbocycles. The van der Waals surface area contributed by atoms with Crippen molar-refractivity contribution in [2.45, 2.75) is 39.2 Å². The van der Waals surface area contributed by atoms with Gasteiger partial charge in [-0.2, -0.15) is 0 Å². The van der Waals surface area contributed by atoms with Crippen LogP contribution < -0.4 is 15.0 Å². The average Bonchev–Trinajstić information content (AvgIpc) is 2.47. The van der Waals surface area contributed by atoms with Crippen molar-refractivity contribution in [3.63, 3.8) is 0 Å². The third-order valence-electron chi connectivity index (χ3n) is 3.50. The van der Waals surface area contributed by atoms with Gasteiger partial charge in [0, 0.05) is 25.3 Å². The van der Waals surface area contributed by atoms with Crippen LogP contribution in [0.1, 0.15) is 33.1 Å². The smallest absolute Gasteiger partial charge is 0.171 e. The Hall–Kier alpha value is -1.29. The molecule has 1 unspecified atom stereocenters. The van der Waals surface area contributed by atoms with Crippen molar-refractivity contribution in [2.75, 3.05) is 31.1 Å². The zero-order valence-electron chi connectivity index (χ0n) is 12.1. The van der Waals surface area contributed by atoms with Gasteiger partial charge in [-0.25, -0.2) is 4.98 Å². The van der Waals surface area contributed by atoms with Gasteiger partial charge in [0.1, 0.15) is 0 Å². The molecule has 106 valence electrons. The van der Waals surface area contributed by atoms with Crippen LogP contribution >= 0.6 is 0 Å². The maximum atomic E-state index is 5.73. The van der Waals surface area contributed by atoms with Crippen LogP contribution in [0.25, 0.3) is 0 Å². The molecule has 2 heterocycles. The molecule has 0 spiro atoms. The van der Waals surface area contributed by atoms with E-state index in [0.29, 0.717) is 12.6 Å². The molecule has 1 aromatic rings. The Morgan fingerprint density at radius 1 is 1.47 bits per heavy atom. The minimum absolute atomic E-state index is 0.530. The molecule has 0 radical (unpaired) electrons. The lowest BCUT2D eigenvalue weighted by Gasteiger charge is -2.36. The lowest BCUT2D eigenvalue weighted by Crippen LogP contribution is -2.47. The highest BCUT2D eigenvalue weighted by Gasteiger charge is 2.23. The number of aromatic nitrogens is 1. The largest absolute Gasteiger partial charge is 0.490 e. The summed E-state index contributed by atoms with van der Waals surface area (Å²) in [5, 5.41) is 3.48. The fraction of sp³-hybridized carbons (Fsp3) is 0.667. The zero-order chi connectivity index (χ0) is 13.5.